The normalized spacial score (nSPS) is 20.9. The van der Waals surface area contributed by atoms with Gasteiger partial charge in [-0.3, -0.25) is 0 Å². The number of rotatable bonds is 4. The average Bonchev–Trinajstić information content (AvgIpc) is 2.61. The van der Waals surface area contributed by atoms with Crippen molar-refractivity contribution in [3.05, 3.63) is 70.4 Å². The second-order valence-corrected chi connectivity index (χ2v) is 6.28. The van der Waals surface area contributed by atoms with Crippen LogP contribution in [0, 0.1) is 23.6 Å². The Morgan fingerprint density at radius 3 is 2.62 bits per heavy atom. The van der Waals surface area contributed by atoms with Crippen molar-refractivity contribution < 1.29 is 14.4 Å². The van der Waals surface area contributed by atoms with Gasteiger partial charge in [0.25, 0.3) is 0 Å². The molecule has 2 aromatic carbocycles. The number of para-hydroxylation sites is 1. The van der Waals surface area contributed by atoms with E-state index in [1.54, 1.807) is 24.1 Å². The fourth-order valence-electron chi connectivity index (χ4n) is 3.54. The number of hydrogen-bond donors (Lipinski definition) is 1. The van der Waals surface area contributed by atoms with E-state index in [0.29, 0.717) is 17.0 Å². The van der Waals surface area contributed by atoms with Gasteiger partial charge in [0.1, 0.15) is 6.04 Å². The van der Waals surface area contributed by atoms with E-state index in [2.05, 4.69) is 0 Å². The van der Waals surface area contributed by atoms with Gasteiger partial charge in [0.15, 0.2) is 4.87 Å². The summed E-state index contributed by atoms with van der Waals surface area (Å²) in [6, 6.07) is 14.0. The lowest BCUT2D eigenvalue weighted by atomic mass is 9.86. The number of hydrazine groups is 1. The lowest BCUT2D eigenvalue weighted by molar-refractivity contribution is -0.659. The summed E-state index contributed by atoms with van der Waals surface area (Å²) in [7, 11) is 0. The number of hydrogen-bond acceptors (Lipinski definition) is 2. The minimum atomic E-state index is -0.525. The lowest BCUT2D eigenvalue weighted by Crippen LogP contribution is -2.44. The van der Waals surface area contributed by atoms with Gasteiger partial charge in [0.2, 0.25) is 5.82 Å². The van der Waals surface area contributed by atoms with E-state index in [0.717, 1.165) is 18.4 Å². The number of nitroso groups, excluding NO2 is 1. The van der Waals surface area contributed by atoms with Crippen molar-refractivity contribution in [2.45, 2.75) is 25.8 Å². The number of piperidine rings is 1. The first-order chi connectivity index (χ1) is 11.6. The third-order valence-corrected chi connectivity index (χ3v) is 4.72. The second-order valence-electron chi connectivity index (χ2n) is 6.28. The van der Waals surface area contributed by atoms with Gasteiger partial charge < -0.3 is 5.11 Å². The maximum Gasteiger partial charge on any atom is 0.330 e. The Balaban J connectivity index is 2.02. The molecule has 1 aliphatic rings. The van der Waals surface area contributed by atoms with Crippen molar-refractivity contribution >= 4 is 5.69 Å². The third kappa shape index (κ3) is 3.04. The van der Waals surface area contributed by atoms with Crippen molar-refractivity contribution in [1.82, 2.24) is 5.01 Å². The van der Waals surface area contributed by atoms with Crippen LogP contribution in [0.4, 0.5) is 10.1 Å². The van der Waals surface area contributed by atoms with E-state index in [1.165, 1.54) is 6.07 Å². The van der Waals surface area contributed by atoms with Crippen molar-refractivity contribution in [2.75, 3.05) is 13.2 Å². The van der Waals surface area contributed by atoms with E-state index < -0.39 is 5.82 Å². The number of halogens is 1. The van der Waals surface area contributed by atoms with Crippen LogP contribution < -0.4 is 0 Å². The molecule has 5 heteroatoms. The summed E-state index contributed by atoms with van der Waals surface area (Å²) < 4.78 is 14.2. The molecule has 1 N–H and O–H groups in total. The van der Waals surface area contributed by atoms with Gasteiger partial charge in [0.05, 0.1) is 11.5 Å². The van der Waals surface area contributed by atoms with Gasteiger partial charge >= 0.3 is 5.69 Å². The van der Waals surface area contributed by atoms with E-state index in [4.69, 9.17) is 0 Å². The molecule has 0 saturated carbocycles. The number of aliphatic hydroxyl groups is 1. The zero-order valence-corrected chi connectivity index (χ0v) is 13.7. The number of nitrogens with zero attached hydrogens (tertiary/aromatic N) is 2. The Morgan fingerprint density at radius 1 is 1.21 bits per heavy atom. The third-order valence-electron chi connectivity index (χ3n) is 4.72. The molecular formula is C19H22FN2O2+. The quantitative estimate of drug-likeness (QED) is 0.865. The smallest absolute Gasteiger partial charge is 0.330 e. The molecular weight excluding hydrogens is 307 g/mol. The van der Waals surface area contributed by atoms with Gasteiger partial charge in [0, 0.05) is 18.1 Å². The van der Waals surface area contributed by atoms with Gasteiger partial charge in [-0.1, -0.05) is 42.5 Å². The molecule has 1 aliphatic heterocycles. The predicted molar refractivity (Wildman–Crippen MR) is 90.1 cm³/mol. The van der Waals surface area contributed by atoms with E-state index in [-0.39, 0.29) is 24.3 Å². The molecule has 0 unspecified atom stereocenters. The maximum atomic E-state index is 14.2. The van der Waals surface area contributed by atoms with Crippen LogP contribution in [0.25, 0.3) is 0 Å². The monoisotopic (exact) mass is 329 g/mol. The summed E-state index contributed by atoms with van der Waals surface area (Å²) in [5.74, 6) is -0.576. The zero-order valence-electron chi connectivity index (χ0n) is 13.7. The van der Waals surface area contributed by atoms with E-state index in [1.807, 2.05) is 30.3 Å². The Labute approximate surface area is 141 Å². The Bertz CT molecular complexity index is 700. The Kier molecular flexibility index (Phi) is 4.90. The predicted octanol–water partition coefficient (Wildman–Crippen LogP) is 3.91. The van der Waals surface area contributed by atoms with Crippen LogP contribution in [-0.4, -0.2) is 28.1 Å². The number of aryl methyl sites for hydroxylation is 1. The maximum absolute atomic E-state index is 14.2. The molecule has 4 nitrogen and oxygen atoms in total. The van der Waals surface area contributed by atoms with Crippen LogP contribution in [0.1, 0.15) is 30.0 Å². The number of benzene rings is 2. The molecule has 0 aliphatic carbocycles. The molecule has 1 saturated heterocycles. The largest absolute Gasteiger partial charge is 0.396 e. The summed E-state index contributed by atoms with van der Waals surface area (Å²) in [5, 5.41) is 11.4. The summed E-state index contributed by atoms with van der Waals surface area (Å²) in [4.78, 5) is 13.7. The molecule has 3 rings (SSSR count). The molecule has 0 bridgehead atoms. The van der Waals surface area contributed by atoms with E-state index in [9.17, 15) is 14.4 Å². The van der Waals surface area contributed by atoms with Crippen LogP contribution in [0.3, 0.4) is 0 Å². The summed E-state index contributed by atoms with van der Waals surface area (Å²) >= 11 is 0. The zero-order chi connectivity index (χ0) is 17.1. The number of aliphatic hydroxyl groups excluding tert-OH is 1. The molecule has 0 spiro atoms. The molecule has 2 aromatic rings. The second kappa shape index (κ2) is 7.09. The fraction of sp³-hybridized carbons (Fsp3) is 0.368. The van der Waals surface area contributed by atoms with Crippen molar-refractivity contribution in [3.63, 3.8) is 0 Å². The molecule has 1 fully saturated rings. The molecule has 0 radical (unpaired) electrons. The van der Waals surface area contributed by atoms with Crippen LogP contribution in [-0.2, 0) is 0 Å². The standard InChI is InChI=1S/C19H22FN2O2/c1-14-7-5-11-17(20)18(14)22(24)21-12-6-10-16(13-23)19(21)15-8-3-2-4-9-15/h2-5,7-9,11,16,19,23H,6,10,12-13H2,1H3/q+1/t16-,19+/m1/s1. The van der Waals surface area contributed by atoms with Gasteiger partial charge in [-0.05, 0) is 31.4 Å². The minimum absolute atomic E-state index is 0.000154. The lowest BCUT2D eigenvalue weighted by Gasteiger charge is -2.35. The molecule has 1 heterocycles. The van der Waals surface area contributed by atoms with Gasteiger partial charge in [-0.2, -0.15) is 4.39 Å². The van der Waals surface area contributed by atoms with Crippen LogP contribution >= 0.6 is 0 Å². The van der Waals surface area contributed by atoms with Crippen LogP contribution in [0.5, 0.6) is 0 Å². The average molecular weight is 329 g/mol. The highest BCUT2D eigenvalue weighted by molar-refractivity contribution is 5.40. The molecule has 0 aromatic heterocycles. The van der Waals surface area contributed by atoms with Gasteiger partial charge in [-0.25, -0.2) is 0 Å². The minimum Gasteiger partial charge on any atom is -0.396 e. The summed E-state index contributed by atoms with van der Waals surface area (Å²) in [6.45, 7) is 2.27. The molecule has 24 heavy (non-hydrogen) atoms. The van der Waals surface area contributed by atoms with Crippen molar-refractivity contribution in [3.8, 4) is 0 Å². The Morgan fingerprint density at radius 2 is 1.96 bits per heavy atom. The highest BCUT2D eigenvalue weighted by Crippen LogP contribution is 2.38. The molecule has 2 atom stereocenters. The molecule has 126 valence electrons. The van der Waals surface area contributed by atoms with Crippen molar-refractivity contribution in [1.29, 1.82) is 0 Å². The Hall–Kier alpha value is -2.27. The summed E-state index contributed by atoms with van der Waals surface area (Å²) in [6.07, 6.45) is 1.64. The SMILES string of the molecule is Cc1cccc(F)c1[N+](=O)N1CCC[C@H](CO)[C@@H]1c1ccccc1. The summed E-state index contributed by atoms with van der Waals surface area (Å²) in [5.41, 5.74) is 1.62. The molecule has 0 amide bonds. The van der Waals surface area contributed by atoms with Crippen molar-refractivity contribution in [2.24, 2.45) is 5.92 Å². The topological polar surface area (TPSA) is 43.5 Å². The van der Waals surface area contributed by atoms with E-state index >= 15 is 0 Å². The van der Waals surface area contributed by atoms with Crippen LogP contribution in [0.2, 0.25) is 0 Å². The van der Waals surface area contributed by atoms with Crippen LogP contribution in [0.15, 0.2) is 48.5 Å². The van der Waals surface area contributed by atoms with Gasteiger partial charge in [-0.15, -0.1) is 5.01 Å². The highest BCUT2D eigenvalue weighted by Gasteiger charge is 2.42. The fourth-order valence-corrected chi connectivity index (χ4v) is 3.54. The first-order valence-electron chi connectivity index (χ1n) is 8.28. The first kappa shape index (κ1) is 16.6. The highest BCUT2D eigenvalue weighted by atomic mass is 19.1. The first-order valence-corrected chi connectivity index (χ1v) is 8.28.